The van der Waals surface area contributed by atoms with Crippen molar-refractivity contribution < 1.29 is 26.2 Å². The topological polar surface area (TPSA) is 0 Å². The first-order valence-electron chi connectivity index (χ1n) is 7.38. The van der Waals surface area contributed by atoms with Crippen molar-refractivity contribution in [1.29, 1.82) is 0 Å². The predicted molar refractivity (Wildman–Crippen MR) is 104 cm³/mol. The third kappa shape index (κ3) is 13.1. The molecule has 0 aliphatic heterocycles. The van der Waals surface area contributed by atoms with E-state index in [1.54, 1.807) is 0 Å². The van der Waals surface area contributed by atoms with Gasteiger partial charge < -0.3 is 0 Å². The van der Waals surface area contributed by atoms with Gasteiger partial charge in [0.15, 0.2) is 0 Å². The summed E-state index contributed by atoms with van der Waals surface area (Å²) in [5.74, 6) is 0. The molecule has 2 aliphatic carbocycles. The number of allylic oxidation sites excluding steroid dienone is 8. The van der Waals surface area contributed by atoms with Gasteiger partial charge in [-0.1, -0.05) is 39.8 Å². The molecule has 0 atom stereocenters. The van der Waals surface area contributed by atoms with E-state index in [0.29, 0.717) is 0 Å². The molecule has 0 fully saturated rings. The Balaban J connectivity index is -0.000000112. The van der Waals surface area contributed by atoms with E-state index in [-0.39, 0.29) is 51.0 Å². The van der Waals surface area contributed by atoms with Gasteiger partial charge in [0.2, 0.25) is 0 Å². The van der Waals surface area contributed by atoms with Gasteiger partial charge in [-0.3, -0.25) is 12.2 Å². The molecule has 22 heavy (non-hydrogen) atoms. The van der Waals surface area contributed by atoms with Crippen LogP contribution in [0.15, 0.2) is 34.4 Å². The van der Waals surface area contributed by atoms with Gasteiger partial charge in [-0.05, 0) is 0 Å². The molecule has 0 N–H and O–H groups in total. The normalized spacial score (nSPS) is 14.1. The van der Waals surface area contributed by atoms with Crippen LogP contribution >= 0.6 is 24.8 Å². The number of hydrogen-bond acceptors (Lipinski definition) is 0. The molecule has 0 amide bonds. The molecule has 0 heterocycles. The molecule has 125 valence electrons. The van der Waals surface area contributed by atoms with Crippen LogP contribution in [0.5, 0.6) is 0 Å². The Morgan fingerprint density at radius 1 is 0.864 bits per heavy atom. The van der Waals surface area contributed by atoms with E-state index >= 15 is 0 Å². The van der Waals surface area contributed by atoms with Crippen molar-refractivity contribution in [2.24, 2.45) is 0 Å². The summed E-state index contributed by atoms with van der Waals surface area (Å²) in [6.07, 6.45) is 15.4. The summed E-state index contributed by atoms with van der Waals surface area (Å²) in [7, 11) is 0.750. The maximum absolute atomic E-state index is 3.28. The fraction of sp³-hybridized carbons (Fsp3) is 0.556. The second-order valence-electron chi connectivity index (χ2n) is 4.78. The van der Waals surface area contributed by atoms with Crippen LogP contribution in [-0.2, 0) is 26.2 Å². The average molecular weight is 438 g/mol. The summed E-state index contributed by atoms with van der Waals surface area (Å²) in [6, 6.07) is 0. The fourth-order valence-electron chi connectivity index (χ4n) is 1.99. The third-order valence-corrected chi connectivity index (χ3v) is 3.11. The second-order valence-corrected chi connectivity index (χ2v) is 5.93. The van der Waals surface area contributed by atoms with Gasteiger partial charge in [-0.15, -0.1) is 51.5 Å². The van der Waals surface area contributed by atoms with Crippen LogP contribution in [0, 0.1) is 12.2 Å². The second kappa shape index (κ2) is 19.7. The van der Waals surface area contributed by atoms with Crippen LogP contribution in [0.25, 0.3) is 0 Å². The van der Waals surface area contributed by atoms with Crippen LogP contribution in [0.4, 0.5) is 0 Å². The first-order chi connectivity index (χ1) is 9.10. The fourth-order valence-corrected chi connectivity index (χ4v) is 1.99. The van der Waals surface area contributed by atoms with Crippen molar-refractivity contribution in [3.8, 4) is 0 Å². The molecule has 0 aromatic carbocycles. The van der Waals surface area contributed by atoms with E-state index in [1.807, 2.05) is 0 Å². The Morgan fingerprint density at radius 2 is 1.14 bits per heavy atom. The maximum Gasteiger partial charge on any atom is 2.00 e. The number of hydrogen-bond donors (Lipinski definition) is 0. The van der Waals surface area contributed by atoms with Crippen LogP contribution < -0.4 is 0 Å². The van der Waals surface area contributed by atoms with Crippen molar-refractivity contribution in [1.82, 2.24) is 0 Å². The minimum Gasteiger partial charge on any atom is -0.269 e. The third-order valence-electron chi connectivity index (χ3n) is 3.11. The van der Waals surface area contributed by atoms with Crippen molar-refractivity contribution in [3.63, 3.8) is 0 Å². The maximum atomic E-state index is 3.28. The quantitative estimate of drug-likeness (QED) is 0.351. The van der Waals surface area contributed by atoms with Gasteiger partial charge in [0.1, 0.15) is 0 Å². The Morgan fingerprint density at radius 3 is 1.23 bits per heavy atom. The van der Waals surface area contributed by atoms with Crippen molar-refractivity contribution in [3.05, 3.63) is 46.6 Å². The molecule has 0 aromatic heterocycles. The van der Waals surface area contributed by atoms with E-state index in [9.17, 15) is 0 Å². The summed E-state index contributed by atoms with van der Waals surface area (Å²) in [5, 5.41) is 0. The van der Waals surface area contributed by atoms with E-state index in [0.717, 1.165) is 35.2 Å². The Hall–Kier alpha value is 0.640. The van der Waals surface area contributed by atoms with Crippen molar-refractivity contribution in [2.75, 3.05) is 0 Å². The molecule has 0 unspecified atom stereocenters. The van der Waals surface area contributed by atoms with E-state index in [4.69, 9.17) is 0 Å². The van der Waals surface area contributed by atoms with Crippen LogP contribution in [-0.4, -0.2) is 9.52 Å². The Kier molecular flexibility index (Phi) is 27.3. The minimum absolute atomic E-state index is 0. The van der Waals surface area contributed by atoms with Gasteiger partial charge in [0, 0.05) is 9.52 Å². The molecule has 0 saturated heterocycles. The van der Waals surface area contributed by atoms with Crippen molar-refractivity contribution in [2.45, 2.75) is 66.5 Å². The molecule has 0 aromatic rings. The van der Waals surface area contributed by atoms with Crippen LogP contribution in [0.3, 0.4) is 0 Å². The molecule has 0 saturated carbocycles. The van der Waals surface area contributed by atoms with E-state index < -0.39 is 0 Å². The van der Waals surface area contributed by atoms with E-state index in [1.165, 1.54) is 22.3 Å². The zero-order valence-electron chi connectivity index (χ0n) is 14.9. The Bertz CT molecular complexity index is 347. The molecule has 1 radical (unpaired) electrons. The number of halogens is 2. The molecule has 2 rings (SSSR count). The van der Waals surface area contributed by atoms with Crippen LogP contribution in [0.2, 0.25) is 13.1 Å². The first-order valence-corrected chi connectivity index (χ1v) is 9.69. The van der Waals surface area contributed by atoms with Crippen molar-refractivity contribution >= 4 is 34.3 Å². The van der Waals surface area contributed by atoms with Gasteiger partial charge >= 0.3 is 26.2 Å². The molecule has 2 aliphatic rings. The molecule has 0 nitrogen and oxygen atoms in total. The monoisotopic (exact) mass is 435 g/mol. The number of rotatable bonds is 2. The summed E-state index contributed by atoms with van der Waals surface area (Å²) in [6.45, 7) is 13.1. The van der Waals surface area contributed by atoms with Gasteiger partial charge in [-0.2, -0.15) is 12.2 Å². The zero-order chi connectivity index (χ0) is 14.7. The summed E-state index contributed by atoms with van der Waals surface area (Å²) >= 11 is 0. The molecular formula is C18H31Cl2SiZr. The zero-order valence-corrected chi connectivity index (χ0v) is 20.1. The van der Waals surface area contributed by atoms with Gasteiger partial charge in [-0.25, -0.2) is 22.3 Å². The van der Waals surface area contributed by atoms with Crippen LogP contribution in [0.1, 0.15) is 53.4 Å². The summed E-state index contributed by atoms with van der Waals surface area (Å²) in [4.78, 5) is 0. The smallest absolute Gasteiger partial charge is 0.269 e. The first kappa shape index (κ1) is 30.5. The van der Waals surface area contributed by atoms with Gasteiger partial charge in [0.25, 0.3) is 0 Å². The molecule has 0 bridgehead atoms. The summed E-state index contributed by atoms with van der Waals surface area (Å²) in [5.41, 5.74) is 5.66. The molecule has 4 heteroatoms. The summed E-state index contributed by atoms with van der Waals surface area (Å²) < 4.78 is 0. The minimum atomic E-state index is 0. The molecule has 0 spiro atoms. The average Bonchev–Trinajstić information content (AvgIpc) is 2.99. The standard InChI is InChI=1S/2C8H11.C2H7Si.2ClH.Zr/c2*1-3-8-6-4-5-7(8)2;1-3-2;;;/h2*5H,3-4H2,1-2H3;3H,1-2H3;2*1H;/q2*-1;;;;+2. The predicted octanol–water partition coefficient (Wildman–Crippen LogP) is 6.31. The SMILES string of the molecule is CCC1=[C-]CC=C1C.CCC1=[C-]CC=C1C.C[SiH]C.Cl.Cl.[Zr+2]. The molecular weight excluding hydrogens is 406 g/mol. The Labute approximate surface area is 172 Å². The van der Waals surface area contributed by atoms with E-state index in [2.05, 4.69) is 65.1 Å². The van der Waals surface area contributed by atoms with Gasteiger partial charge in [0.05, 0.1) is 0 Å². The largest absolute Gasteiger partial charge is 2.00 e.